The summed E-state index contributed by atoms with van der Waals surface area (Å²) in [5.74, 6) is 0.499. The smallest absolute Gasteiger partial charge is 0.253 e. The van der Waals surface area contributed by atoms with Gasteiger partial charge in [0.05, 0.1) is 17.0 Å². The predicted octanol–water partition coefficient (Wildman–Crippen LogP) is 2.59. The van der Waals surface area contributed by atoms with Crippen LogP contribution in [0, 0.1) is 12.8 Å². The third-order valence-electron chi connectivity index (χ3n) is 3.87. The maximum absolute atomic E-state index is 12.2. The van der Waals surface area contributed by atoms with E-state index in [1.807, 2.05) is 30.5 Å². The van der Waals surface area contributed by atoms with Crippen LogP contribution in [0.15, 0.2) is 29.0 Å². The minimum Gasteiger partial charge on any atom is -0.350 e. The quantitative estimate of drug-likeness (QED) is 0.892. The summed E-state index contributed by atoms with van der Waals surface area (Å²) in [6.07, 6.45) is 2.37. The van der Waals surface area contributed by atoms with Crippen LogP contribution < -0.4 is 11.1 Å². The average molecular weight is 301 g/mol. The van der Waals surface area contributed by atoms with E-state index in [-0.39, 0.29) is 11.9 Å². The molecule has 1 aliphatic rings. The monoisotopic (exact) mass is 301 g/mol. The summed E-state index contributed by atoms with van der Waals surface area (Å²) < 4.78 is 0. The third kappa shape index (κ3) is 3.31. The molecule has 0 bridgehead atoms. The molecule has 3 rings (SSSR count). The van der Waals surface area contributed by atoms with Gasteiger partial charge in [0.1, 0.15) is 0 Å². The molecule has 2 aromatic rings. The lowest BCUT2D eigenvalue weighted by Gasteiger charge is -2.12. The highest BCUT2D eigenvalue weighted by Gasteiger charge is 2.28. The van der Waals surface area contributed by atoms with E-state index in [0.717, 1.165) is 17.0 Å². The number of aryl methyl sites for hydroxylation is 1. The van der Waals surface area contributed by atoms with E-state index in [0.29, 0.717) is 18.0 Å². The number of pyridine rings is 1. The van der Waals surface area contributed by atoms with Crippen LogP contribution in [0.5, 0.6) is 0 Å². The largest absolute Gasteiger partial charge is 0.350 e. The molecular formula is C16H19N3OS. The summed E-state index contributed by atoms with van der Waals surface area (Å²) in [6.45, 7) is 2.40. The number of hydrogen-bond donors (Lipinski definition) is 2. The Bertz CT molecular complexity index is 635. The van der Waals surface area contributed by atoms with E-state index in [1.165, 1.54) is 12.8 Å². The van der Waals surface area contributed by atoms with Crippen molar-refractivity contribution in [3.63, 3.8) is 0 Å². The molecule has 1 unspecified atom stereocenters. The third-order valence-corrected chi connectivity index (χ3v) is 4.56. The molecule has 1 fully saturated rings. The van der Waals surface area contributed by atoms with Gasteiger partial charge in [-0.3, -0.25) is 9.78 Å². The van der Waals surface area contributed by atoms with E-state index in [4.69, 9.17) is 5.73 Å². The molecule has 0 radical (unpaired) electrons. The number of nitrogens with two attached hydrogens (primary N) is 1. The fourth-order valence-electron chi connectivity index (χ4n) is 2.37. The van der Waals surface area contributed by atoms with Gasteiger partial charge in [0.15, 0.2) is 0 Å². The molecule has 1 atom stereocenters. The topological polar surface area (TPSA) is 68.0 Å². The second-order valence-electron chi connectivity index (χ2n) is 5.55. The van der Waals surface area contributed by atoms with Crippen molar-refractivity contribution >= 4 is 17.2 Å². The first-order valence-corrected chi connectivity index (χ1v) is 8.13. The average Bonchev–Trinajstić information content (AvgIpc) is 3.19. The lowest BCUT2D eigenvalue weighted by molar-refractivity contribution is 0.0949. The summed E-state index contributed by atoms with van der Waals surface area (Å²) in [6, 6.07) is 5.84. The number of amides is 1. The summed E-state index contributed by atoms with van der Waals surface area (Å²) in [5, 5.41) is 6.99. The van der Waals surface area contributed by atoms with Crippen molar-refractivity contribution in [3.05, 3.63) is 40.2 Å². The molecule has 0 aromatic carbocycles. The van der Waals surface area contributed by atoms with Crippen molar-refractivity contribution in [2.45, 2.75) is 25.8 Å². The number of nitrogens with zero attached hydrogens (tertiary/aromatic N) is 1. The lowest BCUT2D eigenvalue weighted by Crippen LogP contribution is -2.38. The molecule has 4 nitrogen and oxygen atoms in total. The highest BCUT2D eigenvalue weighted by Crippen LogP contribution is 2.31. The van der Waals surface area contributed by atoms with Crippen molar-refractivity contribution in [2.24, 2.45) is 11.7 Å². The van der Waals surface area contributed by atoms with Gasteiger partial charge < -0.3 is 11.1 Å². The van der Waals surface area contributed by atoms with Crippen LogP contribution in [0.2, 0.25) is 0 Å². The Hall–Kier alpha value is -1.72. The van der Waals surface area contributed by atoms with Crippen molar-refractivity contribution in [3.8, 4) is 11.3 Å². The van der Waals surface area contributed by atoms with Gasteiger partial charge in [0.2, 0.25) is 0 Å². The van der Waals surface area contributed by atoms with Crippen LogP contribution in [0.3, 0.4) is 0 Å². The fraction of sp³-hybridized carbons (Fsp3) is 0.375. The first kappa shape index (κ1) is 14.2. The van der Waals surface area contributed by atoms with Crippen molar-refractivity contribution in [1.29, 1.82) is 0 Å². The first-order chi connectivity index (χ1) is 10.1. The Morgan fingerprint density at radius 3 is 2.90 bits per heavy atom. The molecule has 3 N–H and O–H groups in total. The Morgan fingerprint density at radius 1 is 1.48 bits per heavy atom. The molecule has 1 amide bonds. The molecule has 0 saturated heterocycles. The number of carbonyl (C=O) groups is 1. The van der Waals surface area contributed by atoms with Crippen molar-refractivity contribution in [1.82, 2.24) is 10.3 Å². The Balaban J connectivity index is 1.68. The van der Waals surface area contributed by atoms with Crippen molar-refractivity contribution in [2.75, 3.05) is 6.54 Å². The van der Waals surface area contributed by atoms with Crippen LogP contribution in [-0.4, -0.2) is 23.5 Å². The van der Waals surface area contributed by atoms with E-state index in [9.17, 15) is 4.79 Å². The van der Waals surface area contributed by atoms with E-state index in [1.54, 1.807) is 11.3 Å². The maximum Gasteiger partial charge on any atom is 0.253 e. The van der Waals surface area contributed by atoms with Gasteiger partial charge in [-0.2, -0.15) is 11.3 Å². The zero-order valence-corrected chi connectivity index (χ0v) is 12.8. The van der Waals surface area contributed by atoms with Gasteiger partial charge in [-0.15, -0.1) is 0 Å². The minimum atomic E-state index is -0.0898. The van der Waals surface area contributed by atoms with Crippen LogP contribution in [0.1, 0.15) is 28.9 Å². The van der Waals surface area contributed by atoms with Gasteiger partial charge in [-0.25, -0.2) is 0 Å². The normalized spacial score (nSPS) is 15.7. The molecule has 5 heteroatoms. The Labute approximate surface area is 128 Å². The Morgan fingerprint density at radius 2 is 2.29 bits per heavy atom. The summed E-state index contributed by atoms with van der Waals surface area (Å²) in [5.41, 5.74) is 9.36. The zero-order chi connectivity index (χ0) is 14.8. The molecule has 0 aliphatic heterocycles. The summed E-state index contributed by atoms with van der Waals surface area (Å²) in [4.78, 5) is 16.7. The molecule has 2 heterocycles. The number of carbonyl (C=O) groups excluding carboxylic acids is 1. The first-order valence-electron chi connectivity index (χ1n) is 7.19. The van der Waals surface area contributed by atoms with E-state index >= 15 is 0 Å². The highest BCUT2D eigenvalue weighted by atomic mass is 32.1. The summed E-state index contributed by atoms with van der Waals surface area (Å²) in [7, 11) is 0. The van der Waals surface area contributed by atoms with Gasteiger partial charge >= 0.3 is 0 Å². The highest BCUT2D eigenvalue weighted by molar-refractivity contribution is 7.08. The number of thiophene rings is 1. The van der Waals surface area contributed by atoms with Gasteiger partial charge in [0, 0.05) is 23.5 Å². The van der Waals surface area contributed by atoms with Crippen LogP contribution >= 0.6 is 11.3 Å². The van der Waals surface area contributed by atoms with Crippen LogP contribution in [0.25, 0.3) is 11.3 Å². The standard InChI is InChI=1S/C16H19N3OS/c1-10-13(16(20)18-8-14(17)11-2-3-11)4-5-15(19-10)12-6-7-21-9-12/h4-7,9,11,14H,2-3,8,17H2,1H3,(H,18,20). The SMILES string of the molecule is Cc1nc(-c2ccsc2)ccc1C(=O)NCC(N)C1CC1. The van der Waals surface area contributed by atoms with E-state index in [2.05, 4.69) is 15.7 Å². The van der Waals surface area contributed by atoms with Crippen molar-refractivity contribution < 1.29 is 4.79 Å². The summed E-state index contributed by atoms with van der Waals surface area (Å²) >= 11 is 1.64. The van der Waals surface area contributed by atoms with Crippen LogP contribution in [-0.2, 0) is 0 Å². The number of nitrogens with one attached hydrogen (secondary N) is 1. The molecule has 1 saturated carbocycles. The Kier molecular flexibility index (Phi) is 4.03. The molecule has 110 valence electrons. The molecule has 1 aliphatic carbocycles. The lowest BCUT2D eigenvalue weighted by atomic mass is 10.1. The van der Waals surface area contributed by atoms with Gasteiger partial charge in [0.25, 0.3) is 5.91 Å². The predicted molar refractivity (Wildman–Crippen MR) is 85.3 cm³/mol. The van der Waals surface area contributed by atoms with Gasteiger partial charge in [-0.1, -0.05) is 0 Å². The van der Waals surface area contributed by atoms with Crippen LogP contribution in [0.4, 0.5) is 0 Å². The fourth-order valence-corrected chi connectivity index (χ4v) is 3.02. The van der Waals surface area contributed by atoms with E-state index < -0.39 is 0 Å². The molecule has 21 heavy (non-hydrogen) atoms. The number of hydrogen-bond acceptors (Lipinski definition) is 4. The second kappa shape index (κ2) is 5.95. The zero-order valence-electron chi connectivity index (χ0n) is 12.0. The molecule has 0 spiro atoms. The number of rotatable bonds is 5. The second-order valence-corrected chi connectivity index (χ2v) is 6.33. The van der Waals surface area contributed by atoms with Gasteiger partial charge in [-0.05, 0) is 49.3 Å². The number of aromatic nitrogens is 1. The minimum absolute atomic E-state index is 0.0762. The molecular weight excluding hydrogens is 282 g/mol. The maximum atomic E-state index is 12.2. The molecule has 2 aromatic heterocycles.